The van der Waals surface area contributed by atoms with Crippen LogP contribution in [0, 0.1) is 0 Å². The van der Waals surface area contributed by atoms with Gasteiger partial charge in [0.2, 0.25) is 15.9 Å². The molecule has 0 saturated carbocycles. The Kier molecular flexibility index (Phi) is 6.27. The Hall–Kier alpha value is -2.09. The Morgan fingerprint density at radius 3 is 2.61 bits per heavy atom. The van der Waals surface area contributed by atoms with Crippen LogP contribution < -0.4 is 10.1 Å². The lowest BCUT2D eigenvalue weighted by atomic mass is 10.2. The summed E-state index contributed by atoms with van der Waals surface area (Å²) < 4.78 is 32.8. The first-order chi connectivity index (χ1) is 13.3. The molecule has 6 nitrogen and oxygen atoms in total. The minimum absolute atomic E-state index is 0.0146. The standard InChI is InChI=1S/C20H23ClN2O4S/c1-14(2)27-17-6-3-5-16(13-17)22-20(24)19-7-4-12-23(19)28(25,26)18-10-8-15(21)9-11-18/h3,5-6,8-11,13-14,19H,4,7,12H2,1-2H3,(H,22,24)/t19-/m1/s1. The molecular formula is C20H23ClN2O4S. The summed E-state index contributed by atoms with van der Waals surface area (Å²) >= 11 is 5.85. The molecule has 0 spiro atoms. The lowest BCUT2D eigenvalue weighted by Gasteiger charge is -2.23. The van der Waals surface area contributed by atoms with E-state index < -0.39 is 16.1 Å². The van der Waals surface area contributed by atoms with Gasteiger partial charge in [-0.2, -0.15) is 4.31 Å². The molecule has 0 bridgehead atoms. The smallest absolute Gasteiger partial charge is 0.243 e. The number of hydrogen-bond acceptors (Lipinski definition) is 4. The van der Waals surface area contributed by atoms with Gasteiger partial charge in [-0.15, -0.1) is 0 Å². The third kappa shape index (κ3) is 4.66. The Morgan fingerprint density at radius 2 is 1.93 bits per heavy atom. The van der Waals surface area contributed by atoms with Crippen molar-refractivity contribution >= 4 is 33.2 Å². The minimum Gasteiger partial charge on any atom is -0.491 e. The molecule has 28 heavy (non-hydrogen) atoms. The number of carbonyl (C=O) groups excluding carboxylic acids is 1. The van der Waals surface area contributed by atoms with Gasteiger partial charge in [-0.05, 0) is 63.1 Å². The van der Waals surface area contributed by atoms with Gasteiger partial charge >= 0.3 is 0 Å². The Morgan fingerprint density at radius 1 is 1.21 bits per heavy atom. The van der Waals surface area contributed by atoms with E-state index in [1.54, 1.807) is 18.2 Å². The Balaban J connectivity index is 1.77. The van der Waals surface area contributed by atoms with Gasteiger partial charge in [0.1, 0.15) is 11.8 Å². The minimum atomic E-state index is -3.78. The van der Waals surface area contributed by atoms with E-state index in [0.29, 0.717) is 35.8 Å². The lowest BCUT2D eigenvalue weighted by Crippen LogP contribution is -2.43. The maximum Gasteiger partial charge on any atom is 0.243 e. The van der Waals surface area contributed by atoms with Crippen molar-refractivity contribution < 1.29 is 17.9 Å². The summed E-state index contributed by atoms with van der Waals surface area (Å²) in [5.41, 5.74) is 0.568. The van der Waals surface area contributed by atoms with Crippen LogP contribution in [0.4, 0.5) is 5.69 Å². The summed E-state index contributed by atoms with van der Waals surface area (Å²) in [5.74, 6) is 0.293. The lowest BCUT2D eigenvalue weighted by molar-refractivity contribution is -0.119. The van der Waals surface area contributed by atoms with E-state index in [2.05, 4.69) is 5.32 Å². The van der Waals surface area contributed by atoms with Crippen molar-refractivity contribution in [3.8, 4) is 5.75 Å². The molecule has 1 N–H and O–H groups in total. The average Bonchev–Trinajstić information content (AvgIpc) is 3.12. The van der Waals surface area contributed by atoms with Crippen molar-refractivity contribution in [1.29, 1.82) is 0 Å². The maximum atomic E-state index is 13.0. The zero-order valence-corrected chi connectivity index (χ0v) is 17.3. The number of anilines is 1. The first-order valence-corrected chi connectivity index (χ1v) is 10.9. The predicted octanol–water partition coefficient (Wildman–Crippen LogP) is 3.92. The molecule has 1 aliphatic heterocycles. The van der Waals surface area contributed by atoms with Crippen LogP contribution in [0.2, 0.25) is 5.02 Å². The number of hydrogen-bond donors (Lipinski definition) is 1. The maximum absolute atomic E-state index is 13.0. The third-order valence-electron chi connectivity index (χ3n) is 4.40. The van der Waals surface area contributed by atoms with Crippen LogP contribution in [-0.4, -0.2) is 37.3 Å². The van der Waals surface area contributed by atoms with Crippen LogP contribution in [0.25, 0.3) is 0 Å². The van der Waals surface area contributed by atoms with Crippen LogP contribution in [0.5, 0.6) is 5.75 Å². The number of halogens is 1. The van der Waals surface area contributed by atoms with E-state index in [1.807, 2.05) is 19.9 Å². The molecule has 3 rings (SSSR count). The molecule has 1 aliphatic rings. The van der Waals surface area contributed by atoms with Crippen LogP contribution in [-0.2, 0) is 14.8 Å². The van der Waals surface area contributed by atoms with Crippen LogP contribution in [0.3, 0.4) is 0 Å². The van der Waals surface area contributed by atoms with Crippen LogP contribution in [0.1, 0.15) is 26.7 Å². The molecule has 0 aromatic heterocycles. The van der Waals surface area contributed by atoms with Crippen molar-refractivity contribution in [2.24, 2.45) is 0 Å². The fourth-order valence-corrected chi connectivity index (χ4v) is 4.96. The molecular weight excluding hydrogens is 400 g/mol. The third-order valence-corrected chi connectivity index (χ3v) is 6.57. The summed E-state index contributed by atoms with van der Waals surface area (Å²) in [4.78, 5) is 12.9. The monoisotopic (exact) mass is 422 g/mol. The van der Waals surface area contributed by atoms with E-state index >= 15 is 0 Å². The molecule has 1 amide bonds. The molecule has 150 valence electrons. The topological polar surface area (TPSA) is 75.7 Å². The van der Waals surface area contributed by atoms with E-state index in [9.17, 15) is 13.2 Å². The molecule has 2 aromatic rings. The molecule has 0 unspecified atom stereocenters. The van der Waals surface area contributed by atoms with Crippen molar-refractivity contribution in [1.82, 2.24) is 4.31 Å². The average molecular weight is 423 g/mol. The second-order valence-electron chi connectivity index (χ2n) is 6.91. The number of nitrogens with zero attached hydrogens (tertiary/aromatic N) is 1. The molecule has 1 heterocycles. The van der Waals surface area contributed by atoms with Gasteiger partial charge in [0, 0.05) is 23.3 Å². The highest BCUT2D eigenvalue weighted by Crippen LogP contribution is 2.28. The highest BCUT2D eigenvalue weighted by molar-refractivity contribution is 7.89. The Bertz CT molecular complexity index is 945. The van der Waals surface area contributed by atoms with Gasteiger partial charge < -0.3 is 10.1 Å². The second kappa shape index (κ2) is 8.51. The predicted molar refractivity (Wildman–Crippen MR) is 109 cm³/mol. The summed E-state index contributed by atoms with van der Waals surface area (Å²) in [6.07, 6.45) is 1.11. The van der Waals surface area contributed by atoms with E-state index in [-0.39, 0.29) is 16.9 Å². The number of carbonyl (C=O) groups is 1. The summed E-state index contributed by atoms with van der Waals surface area (Å²) in [6, 6.07) is 12.3. The number of amides is 1. The molecule has 0 aliphatic carbocycles. The number of rotatable bonds is 6. The number of ether oxygens (including phenoxy) is 1. The largest absolute Gasteiger partial charge is 0.491 e. The van der Waals surface area contributed by atoms with Crippen molar-refractivity contribution in [3.63, 3.8) is 0 Å². The van der Waals surface area contributed by atoms with Gasteiger partial charge in [0.25, 0.3) is 0 Å². The van der Waals surface area contributed by atoms with Gasteiger partial charge in [0.05, 0.1) is 11.0 Å². The fourth-order valence-electron chi connectivity index (χ4n) is 3.18. The fraction of sp³-hybridized carbons (Fsp3) is 0.350. The van der Waals surface area contributed by atoms with Crippen LogP contribution in [0.15, 0.2) is 53.4 Å². The molecule has 2 aromatic carbocycles. The Labute approximate surface area is 170 Å². The molecule has 0 radical (unpaired) electrons. The van der Waals surface area contributed by atoms with E-state index in [0.717, 1.165) is 0 Å². The van der Waals surface area contributed by atoms with Crippen molar-refractivity contribution in [2.45, 2.75) is 43.7 Å². The highest BCUT2D eigenvalue weighted by atomic mass is 35.5. The van der Waals surface area contributed by atoms with Crippen molar-refractivity contribution in [3.05, 3.63) is 53.6 Å². The molecule has 1 atom stereocenters. The van der Waals surface area contributed by atoms with Crippen LogP contribution >= 0.6 is 11.6 Å². The first-order valence-electron chi connectivity index (χ1n) is 9.12. The first kappa shape index (κ1) is 20.6. The molecule has 1 fully saturated rings. The van der Waals surface area contributed by atoms with E-state index in [1.165, 1.54) is 28.6 Å². The zero-order chi connectivity index (χ0) is 20.3. The van der Waals surface area contributed by atoms with E-state index in [4.69, 9.17) is 16.3 Å². The van der Waals surface area contributed by atoms with Crippen molar-refractivity contribution in [2.75, 3.05) is 11.9 Å². The zero-order valence-electron chi connectivity index (χ0n) is 15.8. The summed E-state index contributed by atoms with van der Waals surface area (Å²) in [6.45, 7) is 4.14. The van der Waals surface area contributed by atoms with Gasteiger partial charge in [0.15, 0.2) is 0 Å². The normalized spacial score (nSPS) is 17.6. The SMILES string of the molecule is CC(C)Oc1cccc(NC(=O)[C@H]2CCCN2S(=O)(=O)c2ccc(Cl)cc2)c1. The quantitative estimate of drug-likeness (QED) is 0.765. The summed E-state index contributed by atoms with van der Waals surface area (Å²) in [5, 5.41) is 3.27. The van der Waals surface area contributed by atoms with Gasteiger partial charge in [-0.3, -0.25) is 4.79 Å². The number of nitrogens with one attached hydrogen (secondary N) is 1. The van der Waals surface area contributed by atoms with Gasteiger partial charge in [-0.25, -0.2) is 8.42 Å². The van der Waals surface area contributed by atoms with Gasteiger partial charge in [-0.1, -0.05) is 17.7 Å². The molecule has 1 saturated heterocycles. The number of sulfonamides is 1. The molecule has 8 heteroatoms. The number of benzene rings is 2. The highest BCUT2D eigenvalue weighted by Gasteiger charge is 2.39. The summed E-state index contributed by atoms with van der Waals surface area (Å²) in [7, 11) is -3.78. The second-order valence-corrected chi connectivity index (χ2v) is 9.24.